The minimum Gasteiger partial charge on any atom is -0.389 e. The lowest BCUT2D eigenvalue weighted by Gasteiger charge is -2.22. The van der Waals surface area contributed by atoms with Gasteiger partial charge >= 0.3 is 0 Å². The van der Waals surface area contributed by atoms with Crippen molar-refractivity contribution in [1.82, 2.24) is 4.72 Å². The molecule has 3 nitrogen and oxygen atoms in total. The van der Waals surface area contributed by atoms with E-state index in [0.717, 1.165) is 5.56 Å². The Labute approximate surface area is 116 Å². The maximum Gasteiger partial charge on any atom is 0.125 e. The lowest BCUT2D eigenvalue weighted by Crippen LogP contribution is -2.37. The third-order valence-electron chi connectivity index (χ3n) is 2.35. The molecule has 2 unspecified atom stereocenters. The van der Waals surface area contributed by atoms with E-state index < -0.39 is 17.1 Å². The molecular formula is C13H20ClNO2S. The predicted octanol–water partition coefficient (Wildman–Crippen LogP) is 3.11. The topological polar surface area (TPSA) is 49.3 Å². The van der Waals surface area contributed by atoms with Gasteiger partial charge in [-0.05, 0) is 46.2 Å². The van der Waals surface area contributed by atoms with Crippen molar-refractivity contribution in [2.75, 3.05) is 0 Å². The van der Waals surface area contributed by atoms with Gasteiger partial charge in [-0.1, -0.05) is 17.7 Å². The number of halogens is 1. The minimum absolute atomic E-state index is 0.280. The molecule has 0 amide bonds. The number of nitrogens with one attached hydrogen (secondary N) is 1. The van der Waals surface area contributed by atoms with Crippen molar-refractivity contribution in [1.29, 1.82) is 0 Å². The highest BCUT2D eigenvalue weighted by Crippen LogP contribution is 2.31. The van der Waals surface area contributed by atoms with Crippen LogP contribution in [0.3, 0.4) is 0 Å². The van der Waals surface area contributed by atoms with Crippen molar-refractivity contribution >= 4 is 22.6 Å². The Morgan fingerprint density at radius 2 is 1.94 bits per heavy atom. The Balaban J connectivity index is 3.25. The molecule has 0 aliphatic rings. The fourth-order valence-corrected chi connectivity index (χ4v) is 3.28. The van der Waals surface area contributed by atoms with Gasteiger partial charge in [0, 0.05) is 11.1 Å². The van der Waals surface area contributed by atoms with Gasteiger partial charge in [-0.2, -0.15) is 0 Å². The van der Waals surface area contributed by atoms with Gasteiger partial charge in [0.2, 0.25) is 0 Å². The second-order valence-corrected chi connectivity index (χ2v) is 6.96. The van der Waals surface area contributed by atoms with Crippen LogP contribution in [0.25, 0.3) is 0 Å². The molecule has 1 aromatic carbocycles. The molecule has 0 saturated carbocycles. The molecule has 1 aromatic rings. The fourth-order valence-electron chi connectivity index (χ4n) is 1.57. The normalized spacial score (nSPS) is 15.5. The van der Waals surface area contributed by atoms with Gasteiger partial charge in [0.15, 0.2) is 0 Å². The van der Waals surface area contributed by atoms with Crippen molar-refractivity contribution in [2.24, 2.45) is 0 Å². The highest BCUT2D eigenvalue weighted by atomic mass is 35.5. The number of aliphatic hydroxyl groups excluding tert-OH is 1. The maximum absolute atomic E-state index is 12.3. The summed E-state index contributed by atoms with van der Waals surface area (Å²) in [5.41, 5.74) is 1.12. The number of rotatable bonds is 3. The monoisotopic (exact) mass is 289 g/mol. The average Bonchev–Trinajstić information content (AvgIpc) is 2.18. The summed E-state index contributed by atoms with van der Waals surface area (Å²) in [5.74, 6) is 0. The van der Waals surface area contributed by atoms with E-state index in [1.807, 2.05) is 33.8 Å². The second-order valence-electron chi connectivity index (χ2n) is 5.41. The van der Waals surface area contributed by atoms with Crippen molar-refractivity contribution < 1.29 is 9.32 Å². The largest absolute Gasteiger partial charge is 0.389 e. The van der Waals surface area contributed by atoms with Crippen LogP contribution in [0.5, 0.6) is 0 Å². The first-order valence-corrected chi connectivity index (χ1v) is 7.33. The fraction of sp³-hybridized carbons (Fsp3) is 0.538. The Hall–Kier alpha value is -0.420. The molecule has 5 heteroatoms. The van der Waals surface area contributed by atoms with E-state index in [2.05, 4.69) is 4.72 Å². The Morgan fingerprint density at radius 3 is 2.39 bits per heavy atom. The van der Waals surface area contributed by atoms with Gasteiger partial charge in [-0.25, -0.2) is 8.93 Å². The van der Waals surface area contributed by atoms with Gasteiger partial charge in [0.25, 0.3) is 0 Å². The molecular weight excluding hydrogens is 270 g/mol. The van der Waals surface area contributed by atoms with E-state index >= 15 is 0 Å². The van der Waals surface area contributed by atoms with Crippen molar-refractivity contribution in [3.8, 4) is 0 Å². The zero-order valence-corrected chi connectivity index (χ0v) is 12.9. The molecule has 0 fully saturated rings. The van der Waals surface area contributed by atoms with Crippen LogP contribution in [0.1, 0.15) is 44.9 Å². The summed E-state index contributed by atoms with van der Waals surface area (Å²) in [4.78, 5) is 0.538. The van der Waals surface area contributed by atoms with E-state index in [1.54, 1.807) is 13.0 Å². The Kier molecular flexibility index (Phi) is 4.95. The molecule has 1 rings (SSSR count). The van der Waals surface area contributed by atoms with Crippen LogP contribution in [0, 0.1) is 6.92 Å². The first-order valence-electron chi connectivity index (χ1n) is 5.80. The summed E-state index contributed by atoms with van der Waals surface area (Å²) >= 11 is 6.19. The van der Waals surface area contributed by atoms with Crippen LogP contribution in [0.15, 0.2) is 17.0 Å². The van der Waals surface area contributed by atoms with Crippen molar-refractivity contribution in [2.45, 2.75) is 51.2 Å². The average molecular weight is 290 g/mol. The molecule has 0 saturated heterocycles. The van der Waals surface area contributed by atoms with Crippen LogP contribution in [-0.4, -0.2) is 14.9 Å². The summed E-state index contributed by atoms with van der Waals surface area (Å²) in [6.45, 7) is 9.28. The summed E-state index contributed by atoms with van der Waals surface area (Å²) in [6, 6.07) is 3.56. The highest BCUT2D eigenvalue weighted by Gasteiger charge is 2.21. The second kappa shape index (κ2) is 5.70. The van der Waals surface area contributed by atoms with E-state index in [9.17, 15) is 9.32 Å². The van der Waals surface area contributed by atoms with Gasteiger partial charge < -0.3 is 5.11 Å². The number of aryl methyl sites for hydroxylation is 1. The highest BCUT2D eigenvalue weighted by molar-refractivity contribution is 7.83. The summed E-state index contributed by atoms with van der Waals surface area (Å²) in [5, 5.41) is 10.3. The molecule has 0 heterocycles. The first-order chi connectivity index (χ1) is 8.13. The minimum atomic E-state index is -1.40. The molecule has 0 aliphatic heterocycles. The molecule has 0 bridgehead atoms. The van der Waals surface area contributed by atoms with E-state index in [-0.39, 0.29) is 5.54 Å². The third kappa shape index (κ3) is 3.79. The molecule has 2 atom stereocenters. The van der Waals surface area contributed by atoms with Crippen LogP contribution in [0.2, 0.25) is 5.02 Å². The predicted molar refractivity (Wildman–Crippen MR) is 76.1 cm³/mol. The number of hydrogen-bond acceptors (Lipinski definition) is 2. The number of benzene rings is 1. The van der Waals surface area contributed by atoms with Gasteiger partial charge in [0.1, 0.15) is 11.0 Å². The standard InChI is InChI=1S/C13H20ClNO2S/c1-8-6-7-10(11(9(2)16)12(8)14)18(17)15-13(3,4)5/h6-7,9,15-16H,1-5H3. The summed E-state index contributed by atoms with van der Waals surface area (Å²) in [6.07, 6.45) is -0.752. The zero-order chi connectivity index (χ0) is 14.1. The summed E-state index contributed by atoms with van der Waals surface area (Å²) < 4.78 is 15.3. The number of hydrogen-bond donors (Lipinski definition) is 2. The Bertz CT molecular complexity index is 467. The maximum atomic E-state index is 12.3. The lowest BCUT2D eigenvalue weighted by molar-refractivity contribution is 0.196. The SMILES string of the molecule is Cc1ccc(S(=O)NC(C)(C)C)c(C(C)O)c1Cl. The van der Waals surface area contributed by atoms with E-state index in [1.165, 1.54) is 0 Å². The van der Waals surface area contributed by atoms with Crippen LogP contribution < -0.4 is 4.72 Å². The van der Waals surface area contributed by atoms with E-state index in [4.69, 9.17) is 11.6 Å². The third-order valence-corrected chi connectivity index (χ3v) is 4.40. The molecule has 2 N–H and O–H groups in total. The number of aliphatic hydroxyl groups is 1. The van der Waals surface area contributed by atoms with Gasteiger partial charge in [0.05, 0.1) is 16.0 Å². The summed E-state index contributed by atoms with van der Waals surface area (Å²) in [7, 11) is -1.40. The smallest absolute Gasteiger partial charge is 0.125 e. The molecule has 0 aromatic heterocycles. The molecule has 0 aliphatic carbocycles. The zero-order valence-electron chi connectivity index (χ0n) is 11.4. The molecule has 18 heavy (non-hydrogen) atoms. The van der Waals surface area contributed by atoms with Gasteiger partial charge in [-0.3, -0.25) is 0 Å². The van der Waals surface area contributed by atoms with Crippen LogP contribution >= 0.6 is 11.6 Å². The molecule has 0 spiro atoms. The van der Waals surface area contributed by atoms with Crippen LogP contribution in [0.4, 0.5) is 0 Å². The molecule has 102 valence electrons. The Morgan fingerprint density at radius 1 is 1.39 bits per heavy atom. The van der Waals surface area contributed by atoms with Crippen molar-refractivity contribution in [3.05, 3.63) is 28.3 Å². The molecule has 0 radical (unpaired) electrons. The van der Waals surface area contributed by atoms with E-state index in [0.29, 0.717) is 15.5 Å². The lowest BCUT2D eigenvalue weighted by atomic mass is 10.1. The first kappa shape index (κ1) is 15.6. The van der Waals surface area contributed by atoms with Gasteiger partial charge in [-0.15, -0.1) is 0 Å². The van der Waals surface area contributed by atoms with Crippen LogP contribution in [-0.2, 0) is 11.0 Å². The quantitative estimate of drug-likeness (QED) is 0.898. The van der Waals surface area contributed by atoms with Crippen molar-refractivity contribution in [3.63, 3.8) is 0 Å².